The molecule has 0 bridgehead atoms. The Kier molecular flexibility index (Phi) is 7.41. The molecule has 5 nitrogen and oxygen atoms in total. The van der Waals surface area contributed by atoms with Crippen molar-refractivity contribution in [3.8, 4) is 0 Å². The van der Waals surface area contributed by atoms with E-state index < -0.39 is 11.7 Å². The van der Waals surface area contributed by atoms with Crippen LogP contribution in [0.5, 0.6) is 0 Å². The fourth-order valence-corrected chi connectivity index (χ4v) is 5.05. The number of aliphatic imine (C=N–C) groups is 1. The minimum Gasteiger partial charge on any atom is -0.342 e. The number of anilines is 1. The standard InChI is InChI=1S/C24H22Cl2FN3O2S/c1-15-5-4-10-29(13-15)22(31)14-33-24-28-20(12-16-8-9-17(25)18(26)11-16)23(32)30(24)21-7-3-2-6-19(21)27/h2-3,6-9,11-12,15H,4-5,10,13-14H2,1H3. The molecule has 2 aliphatic heterocycles. The summed E-state index contributed by atoms with van der Waals surface area (Å²) in [5.41, 5.74) is 0.845. The van der Waals surface area contributed by atoms with Crippen LogP contribution in [0.25, 0.3) is 6.08 Å². The molecule has 2 amide bonds. The van der Waals surface area contributed by atoms with E-state index in [1.54, 1.807) is 36.4 Å². The summed E-state index contributed by atoms with van der Waals surface area (Å²) in [7, 11) is 0. The van der Waals surface area contributed by atoms with Gasteiger partial charge >= 0.3 is 0 Å². The lowest BCUT2D eigenvalue weighted by molar-refractivity contribution is -0.130. The Morgan fingerprint density at radius 1 is 1.24 bits per heavy atom. The van der Waals surface area contributed by atoms with E-state index in [1.165, 1.54) is 17.0 Å². The number of hydrogen-bond acceptors (Lipinski definition) is 4. The van der Waals surface area contributed by atoms with Gasteiger partial charge in [-0.3, -0.25) is 14.5 Å². The van der Waals surface area contributed by atoms with Crippen LogP contribution in [0.1, 0.15) is 25.3 Å². The maximum absolute atomic E-state index is 14.6. The van der Waals surface area contributed by atoms with Crippen LogP contribution in [0.3, 0.4) is 0 Å². The van der Waals surface area contributed by atoms with E-state index in [9.17, 15) is 14.0 Å². The second kappa shape index (κ2) is 10.3. The van der Waals surface area contributed by atoms with Crippen LogP contribution in [0.15, 0.2) is 53.2 Å². The van der Waals surface area contributed by atoms with Crippen LogP contribution in [0, 0.1) is 11.7 Å². The third kappa shape index (κ3) is 5.42. The fraction of sp³-hybridized carbons (Fsp3) is 0.292. The van der Waals surface area contributed by atoms with Gasteiger partial charge in [-0.1, -0.05) is 60.1 Å². The smallest absolute Gasteiger partial charge is 0.283 e. The number of carbonyl (C=O) groups is 2. The van der Waals surface area contributed by atoms with Gasteiger partial charge in [0, 0.05) is 13.1 Å². The number of hydrogen-bond donors (Lipinski definition) is 0. The lowest BCUT2D eigenvalue weighted by Gasteiger charge is -2.31. The first-order valence-electron chi connectivity index (χ1n) is 10.6. The zero-order chi connectivity index (χ0) is 23.5. The number of rotatable bonds is 4. The van der Waals surface area contributed by atoms with Gasteiger partial charge in [0.15, 0.2) is 5.17 Å². The van der Waals surface area contributed by atoms with Gasteiger partial charge in [0.2, 0.25) is 5.91 Å². The van der Waals surface area contributed by atoms with Crippen molar-refractivity contribution >= 4 is 63.7 Å². The molecule has 0 aromatic heterocycles. The van der Waals surface area contributed by atoms with Crippen LogP contribution >= 0.6 is 35.0 Å². The molecule has 2 heterocycles. The summed E-state index contributed by atoms with van der Waals surface area (Å²) in [6, 6.07) is 11.0. The van der Waals surface area contributed by atoms with E-state index in [2.05, 4.69) is 11.9 Å². The predicted molar refractivity (Wildman–Crippen MR) is 133 cm³/mol. The lowest BCUT2D eigenvalue weighted by Crippen LogP contribution is -2.40. The van der Waals surface area contributed by atoms with Crippen molar-refractivity contribution in [1.29, 1.82) is 0 Å². The summed E-state index contributed by atoms with van der Waals surface area (Å²) in [4.78, 5) is 33.5. The highest BCUT2D eigenvalue weighted by atomic mass is 35.5. The number of amidine groups is 1. The maximum Gasteiger partial charge on any atom is 0.283 e. The van der Waals surface area contributed by atoms with Crippen molar-refractivity contribution in [2.24, 2.45) is 10.9 Å². The normalized spacial score (nSPS) is 19.9. The third-order valence-electron chi connectivity index (χ3n) is 5.50. The Bertz CT molecular complexity index is 1150. The monoisotopic (exact) mass is 505 g/mol. The Hall–Kier alpha value is -2.35. The molecule has 0 aliphatic carbocycles. The van der Waals surface area contributed by atoms with Crippen molar-refractivity contribution in [2.45, 2.75) is 19.8 Å². The molecule has 0 N–H and O–H groups in total. The van der Waals surface area contributed by atoms with Crippen LogP contribution in [0.4, 0.5) is 10.1 Å². The molecule has 9 heteroatoms. The number of amides is 2. The highest BCUT2D eigenvalue weighted by Gasteiger charge is 2.34. The van der Waals surface area contributed by atoms with Gasteiger partial charge in [0.05, 0.1) is 21.5 Å². The minimum absolute atomic E-state index is 0.0166. The third-order valence-corrected chi connectivity index (χ3v) is 7.17. The largest absolute Gasteiger partial charge is 0.342 e. The second-order valence-corrected chi connectivity index (χ2v) is 9.82. The summed E-state index contributed by atoms with van der Waals surface area (Å²) in [5, 5.41) is 1.01. The first-order chi connectivity index (χ1) is 15.8. The second-order valence-electron chi connectivity index (χ2n) is 8.07. The number of para-hydroxylation sites is 1. The van der Waals surface area contributed by atoms with Gasteiger partial charge in [-0.2, -0.15) is 0 Å². The molecule has 1 unspecified atom stereocenters. The summed E-state index contributed by atoms with van der Waals surface area (Å²) in [6.07, 6.45) is 3.66. The molecule has 1 atom stereocenters. The number of nitrogens with zero attached hydrogens (tertiary/aromatic N) is 3. The molecule has 2 aliphatic rings. The molecule has 0 spiro atoms. The number of piperidine rings is 1. The minimum atomic E-state index is -0.550. The van der Waals surface area contributed by atoms with Crippen LogP contribution in [-0.2, 0) is 9.59 Å². The molecule has 33 heavy (non-hydrogen) atoms. The lowest BCUT2D eigenvalue weighted by atomic mass is 10.0. The number of likely N-dealkylation sites (tertiary alicyclic amines) is 1. The number of benzene rings is 2. The Labute approximate surface area is 206 Å². The maximum atomic E-state index is 14.6. The first kappa shape index (κ1) is 23.8. The fourth-order valence-electron chi connectivity index (χ4n) is 3.83. The molecule has 1 fully saturated rings. The van der Waals surface area contributed by atoms with Gasteiger partial charge in [0.25, 0.3) is 5.91 Å². The Morgan fingerprint density at radius 3 is 2.76 bits per heavy atom. The van der Waals surface area contributed by atoms with Crippen molar-refractivity contribution < 1.29 is 14.0 Å². The average Bonchev–Trinajstić information content (AvgIpc) is 3.10. The molecular formula is C24H22Cl2FN3O2S. The Balaban J connectivity index is 1.61. The van der Waals surface area contributed by atoms with Crippen LogP contribution < -0.4 is 4.90 Å². The number of thioether (sulfide) groups is 1. The van der Waals surface area contributed by atoms with Gasteiger partial charge in [-0.15, -0.1) is 0 Å². The summed E-state index contributed by atoms with van der Waals surface area (Å²) < 4.78 is 14.6. The Morgan fingerprint density at radius 2 is 2.03 bits per heavy atom. The highest BCUT2D eigenvalue weighted by Crippen LogP contribution is 2.32. The van der Waals surface area contributed by atoms with Crippen molar-refractivity contribution in [2.75, 3.05) is 23.7 Å². The highest BCUT2D eigenvalue weighted by molar-refractivity contribution is 8.14. The number of halogens is 3. The van der Waals surface area contributed by atoms with Gasteiger partial charge in [-0.05, 0) is 54.7 Å². The molecule has 1 saturated heterocycles. The van der Waals surface area contributed by atoms with Crippen LogP contribution in [-0.4, -0.2) is 40.7 Å². The van der Waals surface area contributed by atoms with Crippen molar-refractivity contribution in [1.82, 2.24) is 4.90 Å². The molecule has 2 aromatic rings. The zero-order valence-corrected chi connectivity index (χ0v) is 20.3. The summed E-state index contributed by atoms with van der Waals surface area (Å²) >= 11 is 13.2. The summed E-state index contributed by atoms with van der Waals surface area (Å²) in [6.45, 7) is 3.59. The van der Waals surface area contributed by atoms with E-state index in [-0.39, 0.29) is 28.2 Å². The number of carbonyl (C=O) groups excluding carboxylic acids is 2. The summed E-state index contributed by atoms with van der Waals surface area (Å²) in [5.74, 6) is -0.464. The van der Waals surface area contributed by atoms with E-state index in [1.807, 2.05) is 4.90 Å². The van der Waals surface area contributed by atoms with E-state index in [0.29, 0.717) is 21.5 Å². The average molecular weight is 506 g/mol. The van der Waals surface area contributed by atoms with E-state index in [4.69, 9.17) is 23.2 Å². The molecule has 2 aromatic carbocycles. The van der Waals surface area contributed by atoms with E-state index >= 15 is 0 Å². The predicted octanol–water partition coefficient (Wildman–Crippen LogP) is 5.87. The molecule has 4 rings (SSSR count). The molecule has 172 valence electrons. The quantitative estimate of drug-likeness (QED) is 0.488. The van der Waals surface area contributed by atoms with Crippen molar-refractivity contribution in [3.05, 3.63) is 69.6 Å². The SMILES string of the molecule is CC1CCCN(C(=O)CSC2=NC(=Cc3ccc(Cl)c(Cl)c3)C(=O)N2c2ccccc2F)C1. The van der Waals surface area contributed by atoms with Crippen molar-refractivity contribution in [3.63, 3.8) is 0 Å². The topological polar surface area (TPSA) is 53.0 Å². The first-order valence-corrected chi connectivity index (χ1v) is 12.3. The zero-order valence-electron chi connectivity index (χ0n) is 17.9. The molecule has 0 saturated carbocycles. The van der Waals surface area contributed by atoms with Gasteiger partial charge < -0.3 is 4.90 Å². The molecular weight excluding hydrogens is 484 g/mol. The van der Waals surface area contributed by atoms with Crippen LogP contribution in [0.2, 0.25) is 10.0 Å². The van der Waals surface area contributed by atoms with E-state index in [0.717, 1.165) is 37.7 Å². The van der Waals surface area contributed by atoms with Gasteiger partial charge in [-0.25, -0.2) is 9.38 Å². The van der Waals surface area contributed by atoms with Gasteiger partial charge in [0.1, 0.15) is 11.5 Å². The molecule has 0 radical (unpaired) electrons.